The second kappa shape index (κ2) is 5.82. The Morgan fingerprint density at radius 2 is 1.55 bits per heavy atom. The van der Waals surface area contributed by atoms with Crippen molar-refractivity contribution in [2.75, 3.05) is 0 Å². The van der Waals surface area contributed by atoms with Gasteiger partial charge in [-0.1, -0.05) is 53.0 Å². The molecular formula is C13H9Cl3O3S. The van der Waals surface area contributed by atoms with Crippen LogP contribution in [0.5, 0.6) is 5.75 Å². The highest BCUT2D eigenvalue weighted by atomic mass is 35.5. The van der Waals surface area contributed by atoms with Crippen LogP contribution in [0.25, 0.3) is 0 Å². The molecule has 3 nitrogen and oxygen atoms in total. The molecule has 2 rings (SSSR count). The van der Waals surface area contributed by atoms with Gasteiger partial charge in [0.25, 0.3) is 0 Å². The van der Waals surface area contributed by atoms with E-state index in [1.807, 2.05) is 0 Å². The summed E-state index contributed by atoms with van der Waals surface area (Å²) in [4.78, 5) is -0.225. The minimum Gasteiger partial charge on any atom is -0.379 e. The van der Waals surface area contributed by atoms with Crippen LogP contribution in [-0.4, -0.2) is 8.42 Å². The summed E-state index contributed by atoms with van der Waals surface area (Å²) in [7, 11) is -4.08. The number of rotatable bonds is 3. The zero-order valence-corrected chi connectivity index (χ0v) is 13.3. The molecule has 0 aliphatic heterocycles. The molecule has 0 amide bonds. The second-order valence-corrected chi connectivity index (χ2v) is 6.74. The first kappa shape index (κ1) is 15.4. The highest BCUT2D eigenvalue weighted by Crippen LogP contribution is 2.33. The van der Waals surface area contributed by atoms with Crippen LogP contribution in [-0.2, 0) is 10.1 Å². The zero-order chi connectivity index (χ0) is 14.9. The van der Waals surface area contributed by atoms with Crippen LogP contribution in [0.1, 0.15) is 5.56 Å². The van der Waals surface area contributed by atoms with Crippen molar-refractivity contribution >= 4 is 44.9 Å². The number of benzene rings is 2. The summed E-state index contributed by atoms with van der Waals surface area (Å²) < 4.78 is 29.5. The Balaban J connectivity index is 2.47. The third-order valence-electron chi connectivity index (χ3n) is 2.54. The smallest absolute Gasteiger partial charge is 0.340 e. The lowest BCUT2D eigenvalue weighted by molar-refractivity contribution is 0.484. The molecule has 0 aliphatic rings. The van der Waals surface area contributed by atoms with E-state index in [4.69, 9.17) is 39.0 Å². The maximum atomic E-state index is 12.2. The van der Waals surface area contributed by atoms with Gasteiger partial charge in [0.15, 0.2) is 0 Å². The number of hydrogen-bond acceptors (Lipinski definition) is 3. The molecule has 0 saturated heterocycles. The molecule has 106 valence electrons. The minimum absolute atomic E-state index is 0.0482. The fourth-order valence-electron chi connectivity index (χ4n) is 1.51. The number of aryl methyl sites for hydroxylation is 1. The molecular weight excluding hydrogens is 343 g/mol. The van der Waals surface area contributed by atoms with Crippen LogP contribution in [0.4, 0.5) is 0 Å². The molecule has 20 heavy (non-hydrogen) atoms. The van der Waals surface area contributed by atoms with Gasteiger partial charge in [0.05, 0.1) is 15.1 Å². The van der Waals surface area contributed by atoms with Crippen molar-refractivity contribution in [2.45, 2.75) is 11.8 Å². The summed E-state index contributed by atoms with van der Waals surface area (Å²) in [6.45, 7) is 1.74. The molecule has 0 N–H and O–H groups in total. The van der Waals surface area contributed by atoms with Crippen LogP contribution in [0.15, 0.2) is 41.3 Å². The molecule has 0 heterocycles. The maximum absolute atomic E-state index is 12.2. The highest BCUT2D eigenvalue weighted by molar-refractivity contribution is 7.87. The molecule has 0 aromatic heterocycles. The number of halogens is 3. The van der Waals surface area contributed by atoms with Gasteiger partial charge in [-0.05, 0) is 30.7 Å². The van der Waals surface area contributed by atoms with E-state index in [0.717, 1.165) is 0 Å². The lowest BCUT2D eigenvalue weighted by Gasteiger charge is -2.11. The van der Waals surface area contributed by atoms with E-state index in [0.29, 0.717) is 5.56 Å². The summed E-state index contributed by atoms with van der Waals surface area (Å²) in [6.07, 6.45) is 0. The summed E-state index contributed by atoms with van der Waals surface area (Å²) in [6, 6.07) is 9.17. The first-order valence-corrected chi connectivity index (χ1v) is 8.00. The molecule has 7 heteroatoms. The van der Waals surface area contributed by atoms with Crippen molar-refractivity contribution in [1.29, 1.82) is 0 Å². The van der Waals surface area contributed by atoms with Gasteiger partial charge in [-0.3, -0.25) is 0 Å². The van der Waals surface area contributed by atoms with Gasteiger partial charge < -0.3 is 4.18 Å². The summed E-state index contributed by atoms with van der Waals surface area (Å²) in [5.74, 6) is 0.231. The molecule has 0 atom stereocenters. The SMILES string of the molecule is Cc1ccccc1OS(=O)(=O)c1cc(Cl)c(Cl)cc1Cl. The lowest BCUT2D eigenvalue weighted by Crippen LogP contribution is -2.11. The quantitative estimate of drug-likeness (QED) is 0.593. The number of hydrogen-bond donors (Lipinski definition) is 0. The van der Waals surface area contributed by atoms with E-state index in [-0.39, 0.29) is 25.7 Å². The van der Waals surface area contributed by atoms with Gasteiger partial charge in [-0.25, -0.2) is 0 Å². The zero-order valence-electron chi connectivity index (χ0n) is 10.2. The van der Waals surface area contributed by atoms with Gasteiger partial charge in [-0.2, -0.15) is 8.42 Å². The highest BCUT2D eigenvalue weighted by Gasteiger charge is 2.22. The lowest BCUT2D eigenvalue weighted by atomic mass is 10.2. The Kier molecular flexibility index (Phi) is 4.49. The fraction of sp³-hybridized carbons (Fsp3) is 0.0769. The predicted molar refractivity (Wildman–Crippen MR) is 80.5 cm³/mol. The first-order valence-electron chi connectivity index (χ1n) is 5.46. The Morgan fingerprint density at radius 1 is 0.950 bits per heavy atom. The van der Waals surface area contributed by atoms with Gasteiger partial charge in [0, 0.05) is 0 Å². The predicted octanol–water partition coefficient (Wildman–Crippen LogP) is 4.72. The van der Waals surface area contributed by atoms with E-state index >= 15 is 0 Å². The topological polar surface area (TPSA) is 43.4 Å². The molecule has 2 aromatic carbocycles. The Bertz CT molecular complexity index is 757. The van der Waals surface area contributed by atoms with Crippen LogP contribution >= 0.6 is 34.8 Å². The average molecular weight is 352 g/mol. The second-order valence-electron chi connectivity index (χ2n) is 4.00. The van der Waals surface area contributed by atoms with Crippen molar-refractivity contribution in [3.05, 3.63) is 57.0 Å². The molecule has 0 spiro atoms. The summed E-state index contributed by atoms with van der Waals surface area (Å²) in [5.41, 5.74) is 0.687. The molecule has 0 fully saturated rings. The van der Waals surface area contributed by atoms with E-state index in [1.165, 1.54) is 12.1 Å². The average Bonchev–Trinajstić information content (AvgIpc) is 2.36. The minimum atomic E-state index is -4.08. The number of para-hydroxylation sites is 1. The van der Waals surface area contributed by atoms with E-state index in [2.05, 4.69) is 0 Å². The summed E-state index contributed by atoms with van der Waals surface area (Å²) >= 11 is 17.5. The van der Waals surface area contributed by atoms with Crippen molar-refractivity contribution in [3.8, 4) is 5.75 Å². The summed E-state index contributed by atoms with van der Waals surface area (Å²) in [5, 5.41) is 0.211. The third-order valence-corrected chi connectivity index (χ3v) is 4.96. The van der Waals surface area contributed by atoms with Gasteiger partial charge in [0.2, 0.25) is 0 Å². The Labute approximate surface area is 132 Å². The monoisotopic (exact) mass is 350 g/mol. The normalized spacial score (nSPS) is 11.4. The van der Waals surface area contributed by atoms with Crippen LogP contribution in [0.2, 0.25) is 15.1 Å². The third kappa shape index (κ3) is 3.20. The molecule has 2 aromatic rings. The maximum Gasteiger partial charge on any atom is 0.340 e. The first-order chi connectivity index (χ1) is 9.31. The van der Waals surface area contributed by atoms with E-state index < -0.39 is 10.1 Å². The molecule has 0 unspecified atom stereocenters. The van der Waals surface area contributed by atoms with E-state index in [9.17, 15) is 8.42 Å². The largest absolute Gasteiger partial charge is 0.379 e. The van der Waals surface area contributed by atoms with Gasteiger partial charge in [0.1, 0.15) is 10.6 Å². The molecule has 0 bridgehead atoms. The Hall–Kier alpha value is -0.940. The molecule has 0 radical (unpaired) electrons. The molecule has 0 aliphatic carbocycles. The Morgan fingerprint density at radius 3 is 2.20 bits per heavy atom. The van der Waals surface area contributed by atoms with Crippen molar-refractivity contribution in [3.63, 3.8) is 0 Å². The standard InChI is InChI=1S/C13H9Cl3O3S/c1-8-4-2-3-5-12(8)19-20(17,18)13-7-10(15)9(14)6-11(13)16/h2-7H,1H3. The van der Waals surface area contributed by atoms with Gasteiger partial charge in [-0.15, -0.1) is 0 Å². The van der Waals surface area contributed by atoms with Crippen LogP contribution < -0.4 is 4.18 Å². The fourth-order valence-corrected chi connectivity index (χ4v) is 3.48. The van der Waals surface area contributed by atoms with Crippen LogP contribution in [0, 0.1) is 6.92 Å². The van der Waals surface area contributed by atoms with Crippen molar-refractivity contribution in [1.82, 2.24) is 0 Å². The van der Waals surface area contributed by atoms with Crippen LogP contribution in [0.3, 0.4) is 0 Å². The van der Waals surface area contributed by atoms with Gasteiger partial charge >= 0.3 is 10.1 Å². The molecule has 0 saturated carbocycles. The van der Waals surface area contributed by atoms with Crippen molar-refractivity contribution in [2.24, 2.45) is 0 Å². The van der Waals surface area contributed by atoms with E-state index in [1.54, 1.807) is 31.2 Å². The van der Waals surface area contributed by atoms with Crippen molar-refractivity contribution < 1.29 is 12.6 Å².